The maximum absolute atomic E-state index is 11.9. The Kier molecular flexibility index (Phi) is 4.89. The maximum atomic E-state index is 11.9. The Morgan fingerprint density at radius 1 is 1.45 bits per heavy atom. The van der Waals surface area contributed by atoms with E-state index in [1.54, 1.807) is 0 Å². The number of hydrogen-bond acceptors (Lipinski definition) is 5. The number of amides is 1. The van der Waals surface area contributed by atoms with Crippen LogP contribution in [-0.4, -0.2) is 48.5 Å². The molecule has 2 rings (SSSR count). The Balaban J connectivity index is 2.03. The van der Waals surface area contributed by atoms with Gasteiger partial charge in [0.1, 0.15) is 5.69 Å². The van der Waals surface area contributed by atoms with Crippen molar-refractivity contribution in [3.63, 3.8) is 0 Å². The van der Waals surface area contributed by atoms with Gasteiger partial charge in [0.25, 0.3) is 5.69 Å². The fourth-order valence-electron chi connectivity index (χ4n) is 2.03. The van der Waals surface area contributed by atoms with Crippen LogP contribution in [0.15, 0.2) is 18.2 Å². The lowest BCUT2D eigenvalue weighted by Gasteiger charge is -2.26. The highest BCUT2D eigenvalue weighted by molar-refractivity contribution is 6.31. The van der Waals surface area contributed by atoms with Gasteiger partial charge in [0.05, 0.1) is 11.5 Å². The predicted molar refractivity (Wildman–Crippen MR) is 76.0 cm³/mol. The van der Waals surface area contributed by atoms with Crippen LogP contribution in [-0.2, 0) is 4.79 Å². The molecule has 1 aliphatic heterocycles. The number of carbonyl (C=O) groups excluding carboxylic acids is 1. The van der Waals surface area contributed by atoms with Gasteiger partial charge in [-0.3, -0.25) is 19.8 Å². The Morgan fingerprint density at radius 2 is 2.15 bits per heavy atom. The van der Waals surface area contributed by atoms with Gasteiger partial charge in [-0.25, -0.2) is 0 Å². The van der Waals surface area contributed by atoms with E-state index >= 15 is 0 Å². The van der Waals surface area contributed by atoms with Crippen LogP contribution in [0.2, 0.25) is 5.02 Å². The molecule has 1 fully saturated rings. The lowest BCUT2D eigenvalue weighted by atomic mass is 10.2. The van der Waals surface area contributed by atoms with Gasteiger partial charge in [-0.05, 0) is 12.1 Å². The molecule has 1 aromatic rings. The summed E-state index contributed by atoms with van der Waals surface area (Å²) in [6, 6.07) is 4.09. The number of nitro groups is 1. The number of carbonyl (C=O) groups is 1. The first-order valence-corrected chi connectivity index (χ1v) is 6.61. The van der Waals surface area contributed by atoms with Crippen LogP contribution >= 0.6 is 11.6 Å². The molecule has 108 valence electrons. The third-order valence-electron chi connectivity index (χ3n) is 3.01. The quantitative estimate of drug-likeness (QED) is 0.642. The summed E-state index contributed by atoms with van der Waals surface area (Å²) in [4.78, 5) is 24.3. The Bertz CT molecular complexity index is 517. The number of benzene rings is 1. The van der Waals surface area contributed by atoms with Crippen molar-refractivity contribution in [2.45, 2.75) is 0 Å². The highest BCUT2D eigenvalue weighted by Crippen LogP contribution is 2.27. The molecule has 0 spiro atoms. The zero-order chi connectivity index (χ0) is 14.5. The third kappa shape index (κ3) is 3.89. The van der Waals surface area contributed by atoms with Crippen LogP contribution in [0.25, 0.3) is 0 Å². The molecule has 8 heteroatoms. The number of nitrogens with one attached hydrogen (secondary N) is 2. The average molecular weight is 299 g/mol. The monoisotopic (exact) mass is 298 g/mol. The normalized spacial score (nSPS) is 15.8. The average Bonchev–Trinajstić information content (AvgIpc) is 2.39. The fraction of sp³-hybridized carbons (Fsp3) is 0.417. The zero-order valence-electron chi connectivity index (χ0n) is 10.8. The van der Waals surface area contributed by atoms with Gasteiger partial charge >= 0.3 is 0 Å². The molecule has 1 aliphatic rings. The topological polar surface area (TPSA) is 87.5 Å². The molecule has 1 heterocycles. The van der Waals surface area contributed by atoms with E-state index in [2.05, 4.69) is 10.6 Å². The van der Waals surface area contributed by atoms with Crippen LogP contribution < -0.4 is 10.6 Å². The molecule has 0 aromatic heterocycles. The lowest BCUT2D eigenvalue weighted by Crippen LogP contribution is -2.46. The molecule has 1 amide bonds. The van der Waals surface area contributed by atoms with Crippen molar-refractivity contribution in [2.75, 3.05) is 38.0 Å². The molecule has 7 nitrogen and oxygen atoms in total. The standard InChI is InChI=1S/C12H15ClN4O3/c13-9-1-2-11(17(19)20)10(7-9)15-12(18)8-16-5-3-14-4-6-16/h1-2,7,14H,3-6,8H2,(H,15,18). The van der Waals surface area contributed by atoms with Gasteiger partial charge in [-0.1, -0.05) is 11.6 Å². The number of nitro benzene ring substituents is 1. The predicted octanol–water partition coefficient (Wildman–Crippen LogP) is 1.09. The van der Waals surface area contributed by atoms with E-state index in [1.807, 2.05) is 4.90 Å². The number of hydrogen-bond donors (Lipinski definition) is 2. The Labute approximate surface area is 121 Å². The van der Waals surface area contributed by atoms with Gasteiger partial charge in [-0.15, -0.1) is 0 Å². The minimum Gasteiger partial charge on any atom is -0.319 e. The minimum atomic E-state index is -0.545. The molecular weight excluding hydrogens is 284 g/mol. The second kappa shape index (κ2) is 6.65. The summed E-state index contributed by atoms with van der Waals surface area (Å²) in [5.41, 5.74) is -0.0364. The molecular formula is C12H15ClN4O3. The van der Waals surface area contributed by atoms with E-state index < -0.39 is 4.92 Å². The van der Waals surface area contributed by atoms with Crippen molar-refractivity contribution >= 4 is 28.9 Å². The number of anilines is 1. The van der Waals surface area contributed by atoms with Crippen molar-refractivity contribution in [3.8, 4) is 0 Å². The van der Waals surface area contributed by atoms with Gasteiger partial charge < -0.3 is 10.6 Å². The van der Waals surface area contributed by atoms with Gasteiger partial charge in [-0.2, -0.15) is 0 Å². The van der Waals surface area contributed by atoms with E-state index in [0.29, 0.717) is 5.02 Å². The Morgan fingerprint density at radius 3 is 2.80 bits per heavy atom. The fourth-order valence-corrected chi connectivity index (χ4v) is 2.20. The molecule has 0 saturated carbocycles. The summed E-state index contributed by atoms with van der Waals surface area (Å²) in [7, 11) is 0. The number of rotatable bonds is 4. The minimum absolute atomic E-state index is 0.127. The SMILES string of the molecule is O=C(CN1CCNCC1)Nc1cc(Cl)ccc1[N+](=O)[O-]. The number of halogens is 1. The van der Waals surface area contributed by atoms with Crippen LogP contribution in [0.1, 0.15) is 0 Å². The van der Waals surface area contributed by atoms with Gasteiger partial charge in [0.2, 0.25) is 5.91 Å². The Hall–Kier alpha value is -1.70. The van der Waals surface area contributed by atoms with Gasteiger partial charge in [0.15, 0.2) is 0 Å². The van der Waals surface area contributed by atoms with Gasteiger partial charge in [0, 0.05) is 37.3 Å². The van der Waals surface area contributed by atoms with Crippen LogP contribution in [0.4, 0.5) is 11.4 Å². The summed E-state index contributed by atoms with van der Waals surface area (Å²) in [6.45, 7) is 3.46. The van der Waals surface area contributed by atoms with E-state index in [-0.39, 0.29) is 23.8 Å². The zero-order valence-corrected chi connectivity index (χ0v) is 11.5. The molecule has 1 saturated heterocycles. The smallest absolute Gasteiger partial charge is 0.292 e. The summed E-state index contributed by atoms with van der Waals surface area (Å²) in [5.74, 6) is -0.280. The highest BCUT2D eigenvalue weighted by Gasteiger charge is 2.18. The van der Waals surface area contributed by atoms with Crippen molar-refractivity contribution < 1.29 is 9.72 Å². The van der Waals surface area contributed by atoms with E-state index in [0.717, 1.165) is 26.2 Å². The molecule has 1 aromatic carbocycles. The summed E-state index contributed by atoms with van der Waals surface area (Å²) < 4.78 is 0. The van der Waals surface area contributed by atoms with E-state index in [1.165, 1.54) is 18.2 Å². The third-order valence-corrected chi connectivity index (χ3v) is 3.24. The van der Waals surface area contributed by atoms with Crippen molar-refractivity contribution in [1.82, 2.24) is 10.2 Å². The molecule has 20 heavy (non-hydrogen) atoms. The lowest BCUT2D eigenvalue weighted by molar-refractivity contribution is -0.383. The summed E-state index contributed by atoms with van der Waals surface area (Å²) in [6.07, 6.45) is 0. The first-order chi connectivity index (χ1) is 9.56. The molecule has 0 unspecified atom stereocenters. The summed E-state index contributed by atoms with van der Waals surface area (Å²) >= 11 is 5.80. The summed E-state index contributed by atoms with van der Waals surface area (Å²) in [5, 5.41) is 17.0. The molecule has 0 radical (unpaired) electrons. The molecule has 0 aliphatic carbocycles. The number of piperazine rings is 1. The largest absolute Gasteiger partial charge is 0.319 e. The van der Waals surface area contributed by atoms with Crippen LogP contribution in [0.3, 0.4) is 0 Å². The molecule has 0 atom stereocenters. The van der Waals surface area contributed by atoms with Crippen LogP contribution in [0, 0.1) is 10.1 Å². The molecule has 2 N–H and O–H groups in total. The van der Waals surface area contributed by atoms with E-state index in [4.69, 9.17) is 11.6 Å². The first kappa shape index (κ1) is 14.7. The second-order valence-electron chi connectivity index (χ2n) is 4.49. The van der Waals surface area contributed by atoms with E-state index in [9.17, 15) is 14.9 Å². The number of nitrogens with zero attached hydrogens (tertiary/aromatic N) is 2. The maximum Gasteiger partial charge on any atom is 0.292 e. The second-order valence-corrected chi connectivity index (χ2v) is 4.93. The van der Waals surface area contributed by atoms with Crippen molar-refractivity contribution in [3.05, 3.63) is 33.3 Å². The first-order valence-electron chi connectivity index (χ1n) is 6.23. The molecule has 0 bridgehead atoms. The highest BCUT2D eigenvalue weighted by atomic mass is 35.5. The van der Waals surface area contributed by atoms with Crippen molar-refractivity contribution in [2.24, 2.45) is 0 Å². The van der Waals surface area contributed by atoms with Crippen LogP contribution in [0.5, 0.6) is 0 Å². The van der Waals surface area contributed by atoms with Crippen molar-refractivity contribution in [1.29, 1.82) is 0 Å².